The van der Waals surface area contributed by atoms with Gasteiger partial charge in [0.05, 0.1) is 12.1 Å². The summed E-state index contributed by atoms with van der Waals surface area (Å²) in [6.07, 6.45) is 0. The molecule has 0 amide bonds. The van der Waals surface area contributed by atoms with Gasteiger partial charge in [-0.3, -0.25) is 14.6 Å². The fourth-order valence-electron chi connectivity index (χ4n) is 2.57. The summed E-state index contributed by atoms with van der Waals surface area (Å²) in [7, 11) is 0. The van der Waals surface area contributed by atoms with E-state index in [0.717, 1.165) is 31.7 Å². The lowest BCUT2D eigenvalue weighted by Gasteiger charge is -2.37. The molecule has 1 heterocycles. The number of rotatable bonds is 5. The monoisotopic (exact) mass is 276 g/mol. The highest BCUT2D eigenvalue weighted by atomic mass is 16.3. The Kier molecular flexibility index (Phi) is 4.91. The van der Waals surface area contributed by atoms with Gasteiger partial charge in [-0.05, 0) is 13.8 Å². The van der Waals surface area contributed by atoms with E-state index >= 15 is 0 Å². The standard InChI is InChI=1S/C16H24N2O2/c1-16(2,20)13-18-10-8-17(9-11-18)12-15(19)14-6-4-3-5-7-14/h3-7,20H,8-13H2,1-2H3. The molecular formula is C16H24N2O2. The van der Waals surface area contributed by atoms with Crippen LogP contribution in [0.15, 0.2) is 30.3 Å². The van der Waals surface area contributed by atoms with Gasteiger partial charge in [0.25, 0.3) is 0 Å². The Morgan fingerprint density at radius 3 is 2.20 bits per heavy atom. The number of aliphatic hydroxyl groups is 1. The van der Waals surface area contributed by atoms with E-state index in [4.69, 9.17) is 0 Å². The predicted octanol–water partition coefficient (Wildman–Crippen LogP) is 1.26. The molecule has 1 N–H and O–H groups in total. The fraction of sp³-hybridized carbons (Fsp3) is 0.562. The van der Waals surface area contributed by atoms with Crippen LogP contribution in [0.1, 0.15) is 24.2 Å². The second kappa shape index (κ2) is 6.48. The van der Waals surface area contributed by atoms with Crippen LogP contribution in [0.2, 0.25) is 0 Å². The summed E-state index contributed by atoms with van der Waals surface area (Å²) in [6.45, 7) is 8.42. The van der Waals surface area contributed by atoms with Crippen LogP contribution in [-0.2, 0) is 0 Å². The minimum absolute atomic E-state index is 0.182. The number of Topliss-reactive ketones (excluding diaryl/α,β-unsaturated/α-hetero) is 1. The van der Waals surface area contributed by atoms with Gasteiger partial charge in [0.2, 0.25) is 0 Å². The number of hydrogen-bond acceptors (Lipinski definition) is 4. The number of carbonyl (C=O) groups excluding carboxylic acids is 1. The van der Waals surface area contributed by atoms with Gasteiger partial charge in [-0.1, -0.05) is 30.3 Å². The zero-order chi connectivity index (χ0) is 14.6. The Labute approximate surface area is 121 Å². The maximum Gasteiger partial charge on any atom is 0.176 e. The van der Waals surface area contributed by atoms with Crippen LogP contribution in [-0.4, -0.2) is 65.6 Å². The summed E-state index contributed by atoms with van der Waals surface area (Å²) in [4.78, 5) is 16.6. The molecule has 1 aromatic carbocycles. The van der Waals surface area contributed by atoms with Crippen molar-refractivity contribution < 1.29 is 9.90 Å². The van der Waals surface area contributed by atoms with E-state index in [1.165, 1.54) is 0 Å². The smallest absolute Gasteiger partial charge is 0.176 e. The molecule has 0 aromatic heterocycles. The van der Waals surface area contributed by atoms with E-state index in [1.807, 2.05) is 44.2 Å². The third kappa shape index (κ3) is 4.71. The van der Waals surface area contributed by atoms with Gasteiger partial charge in [-0.25, -0.2) is 0 Å². The fourth-order valence-corrected chi connectivity index (χ4v) is 2.57. The Morgan fingerprint density at radius 2 is 1.65 bits per heavy atom. The van der Waals surface area contributed by atoms with Crippen LogP contribution in [0.5, 0.6) is 0 Å². The van der Waals surface area contributed by atoms with Crippen molar-refractivity contribution in [1.82, 2.24) is 9.80 Å². The average Bonchev–Trinajstić information content (AvgIpc) is 2.40. The SMILES string of the molecule is CC(C)(O)CN1CCN(CC(=O)c2ccccc2)CC1. The Balaban J connectivity index is 1.79. The lowest BCUT2D eigenvalue weighted by Crippen LogP contribution is -2.51. The lowest BCUT2D eigenvalue weighted by atomic mass is 10.1. The highest BCUT2D eigenvalue weighted by Gasteiger charge is 2.23. The normalized spacial score (nSPS) is 18.1. The van der Waals surface area contributed by atoms with Crippen LogP contribution < -0.4 is 0 Å². The molecule has 1 fully saturated rings. The maximum absolute atomic E-state index is 12.1. The Morgan fingerprint density at radius 1 is 1.10 bits per heavy atom. The van der Waals surface area contributed by atoms with Crippen molar-refractivity contribution >= 4 is 5.78 Å². The first kappa shape index (κ1) is 15.2. The number of ketones is 1. The first-order valence-corrected chi connectivity index (χ1v) is 7.19. The van der Waals surface area contributed by atoms with E-state index in [0.29, 0.717) is 13.1 Å². The molecule has 0 atom stereocenters. The lowest BCUT2D eigenvalue weighted by molar-refractivity contribution is 0.0179. The predicted molar refractivity (Wildman–Crippen MR) is 80.0 cm³/mol. The van der Waals surface area contributed by atoms with Crippen molar-refractivity contribution in [2.75, 3.05) is 39.3 Å². The molecule has 2 rings (SSSR count). The molecule has 20 heavy (non-hydrogen) atoms. The Hall–Kier alpha value is -1.23. The molecule has 0 spiro atoms. The minimum Gasteiger partial charge on any atom is -0.389 e. The topological polar surface area (TPSA) is 43.8 Å². The zero-order valence-corrected chi connectivity index (χ0v) is 12.4. The van der Waals surface area contributed by atoms with Crippen LogP contribution >= 0.6 is 0 Å². The first-order chi connectivity index (χ1) is 9.44. The van der Waals surface area contributed by atoms with Crippen molar-refractivity contribution in [2.24, 2.45) is 0 Å². The second-order valence-corrected chi connectivity index (χ2v) is 6.15. The van der Waals surface area contributed by atoms with Crippen molar-refractivity contribution in [2.45, 2.75) is 19.4 Å². The molecule has 1 aliphatic heterocycles. The Bertz CT molecular complexity index is 432. The molecular weight excluding hydrogens is 252 g/mol. The molecule has 1 aliphatic rings. The molecule has 4 heteroatoms. The number of nitrogens with zero attached hydrogens (tertiary/aromatic N) is 2. The summed E-state index contributed by atoms with van der Waals surface area (Å²) in [6, 6.07) is 9.45. The highest BCUT2D eigenvalue weighted by Crippen LogP contribution is 2.09. The van der Waals surface area contributed by atoms with Crippen LogP contribution in [0.25, 0.3) is 0 Å². The quantitative estimate of drug-likeness (QED) is 0.822. The minimum atomic E-state index is -0.651. The van der Waals surface area contributed by atoms with E-state index in [1.54, 1.807) is 0 Å². The van der Waals surface area contributed by atoms with Gasteiger partial charge >= 0.3 is 0 Å². The summed E-state index contributed by atoms with van der Waals surface area (Å²) in [5.74, 6) is 0.182. The molecule has 0 bridgehead atoms. The largest absolute Gasteiger partial charge is 0.389 e. The molecule has 0 saturated carbocycles. The van der Waals surface area contributed by atoms with Gasteiger partial charge < -0.3 is 5.11 Å². The molecule has 110 valence electrons. The second-order valence-electron chi connectivity index (χ2n) is 6.15. The average molecular weight is 276 g/mol. The van der Waals surface area contributed by atoms with E-state index < -0.39 is 5.60 Å². The molecule has 0 aliphatic carbocycles. The molecule has 0 unspecified atom stereocenters. The van der Waals surface area contributed by atoms with Gasteiger partial charge in [0.1, 0.15) is 0 Å². The summed E-state index contributed by atoms with van der Waals surface area (Å²) in [5.41, 5.74) is 0.133. The van der Waals surface area contributed by atoms with Crippen molar-refractivity contribution in [3.8, 4) is 0 Å². The highest BCUT2D eigenvalue weighted by molar-refractivity contribution is 5.97. The first-order valence-electron chi connectivity index (χ1n) is 7.19. The van der Waals surface area contributed by atoms with Crippen LogP contribution in [0, 0.1) is 0 Å². The molecule has 1 aromatic rings. The number of piperazine rings is 1. The van der Waals surface area contributed by atoms with E-state index in [9.17, 15) is 9.90 Å². The number of benzene rings is 1. The number of β-amino-alcohol motifs (C(OH)–C–C–N with tert-alkyl or cyclic N) is 1. The van der Waals surface area contributed by atoms with E-state index in [2.05, 4.69) is 9.80 Å². The zero-order valence-electron chi connectivity index (χ0n) is 12.4. The molecule has 4 nitrogen and oxygen atoms in total. The van der Waals surface area contributed by atoms with Crippen molar-refractivity contribution in [3.63, 3.8) is 0 Å². The summed E-state index contributed by atoms with van der Waals surface area (Å²) < 4.78 is 0. The molecule has 1 saturated heterocycles. The van der Waals surface area contributed by atoms with Crippen molar-refractivity contribution in [3.05, 3.63) is 35.9 Å². The third-order valence-electron chi connectivity index (χ3n) is 3.54. The number of carbonyl (C=O) groups is 1. The van der Waals surface area contributed by atoms with Crippen LogP contribution in [0.4, 0.5) is 0 Å². The van der Waals surface area contributed by atoms with Crippen LogP contribution in [0.3, 0.4) is 0 Å². The van der Waals surface area contributed by atoms with Gasteiger partial charge in [-0.2, -0.15) is 0 Å². The summed E-state index contributed by atoms with van der Waals surface area (Å²) in [5, 5.41) is 9.82. The van der Waals surface area contributed by atoms with E-state index in [-0.39, 0.29) is 5.78 Å². The summed E-state index contributed by atoms with van der Waals surface area (Å²) >= 11 is 0. The maximum atomic E-state index is 12.1. The van der Waals surface area contributed by atoms with Gasteiger partial charge in [0.15, 0.2) is 5.78 Å². The van der Waals surface area contributed by atoms with Gasteiger partial charge in [0, 0.05) is 38.3 Å². The third-order valence-corrected chi connectivity index (χ3v) is 3.54. The van der Waals surface area contributed by atoms with Crippen molar-refractivity contribution in [1.29, 1.82) is 0 Å². The van der Waals surface area contributed by atoms with Gasteiger partial charge in [-0.15, -0.1) is 0 Å². The number of hydrogen-bond donors (Lipinski definition) is 1. The molecule has 0 radical (unpaired) electrons.